The molecule has 0 saturated carbocycles. The molecule has 0 aromatic heterocycles. The summed E-state index contributed by atoms with van der Waals surface area (Å²) >= 11 is 0. The van der Waals surface area contributed by atoms with Gasteiger partial charge in [0, 0.05) is 13.1 Å². The van der Waals surface area contributed by atoms with Gasteiger partial charge in [-0.15, -0.1) is 0 Å². The summed E-state index contributed by atoms with van der Waals surface area (Å²) in [5, 5.41) is 0. The highest BCUT2D eigenvalue weighted by Crippen LogP contribution is 2.25. The average molecular weight is 357 g/mol. The van der Waals surface area contributed by atoms with Gasteiger partial charge in [-0.25, -0.2) is 0 Å². The number of hydrogen-bond acceptors (Lipinski definition) is 2. The zero-order valence-corrected chi connectivity index (χ0v) is 15.9. The Bertz CT molecular complexity index is 760. The van der Waals surface area contributed by atoms with Gasteiger partial charge in [0.1, 0.15) is 6.10 Å². The molecule has 0 N–H and O–H groups in total. The van der Waals surface area contributed by atoms with E-state index in [1.54, 1.807) is 0 Å². The van der Waals surface area contributed by atoms with Gasteiger partial charge in [-0.05, 0) is 23.7 Å². The summed E-state index contributed by atoms with van der Waals surface area (Å²) in [4.78, 5) is 2.27. The second kappa shape index (κ2) is 10.5. The van der Waals surface area contributed by atoms with Gasteiger partial charge in [-0.3, -0.25) is 0 Å². The zero-order chi connectivity index (χ0) is 18.7. The molecule has 2 nitrogen and oxygen atoms in total. The fraction of sp³-hybridized carbons (Fsp3) is 0.200. The van der Waals surface area contributed by atoms with Gasteiger partial charge >= 0.3 is 0 Å². The molecule has 3 aromatic carbocycles. The van der Waals surface area contributed by atoms with Gasteiger partial charge in [-0.1, -0.05) is 103 Å². The summed E-state index contributed by atoms with van der Waals surface area (Å²) in [6.45, 7) is 2.47. The van der Waals surface area contributed by atoms with Crippen LogP contribution in [0.15, 0.2) is 97.1 Å². The van der Waals surface area contributed by atoms with E-state index in [4.69, 9.17) is 4.74 Å². The first-order valence-corrected chi connectivity index (χ1v) is 9.44. The lowest BCUT2D eigenvalue weighted by atomic mass is 10.0. The lowest BCUT2D eigenvalue weighted by Crippen LogP contribution is -2.24. The third-order valence-electron chi connectivity index (χ3n) is 4.49. The highest BCUT2D eigenvalue weighted by Gasteiger charge is 2.14. The van der Waals surface area contributed by atoms with Crippen molar-refractivity contribution in [2.45, 2.75) is 6.10 Å². The quantitative estimate of drug-likeness (QED) is 0.506. The van der Waals surface area contributed by atoms with Crippen LogP contribution in [0.1, 0.15) is 22.8 Å². The van der Waals surface area contributed by atoms with Crippen LogP contribution in [0.2, 0.25) is 0 Å². The monoisotopic (exact) mass is 357 g/mol. The van der Waals surface area contributed by atoms with Crippen molar-refractivity contribution >= 4 is 6.08 Å². The summed E-state index contributed by atoms with van der Waals surface area (Å²) in [5.74, 6) is 0. The van der Waals surface area contributed by atoms with E-state index in [0.29, 0.717) is 6.61 Å². The lowest BCUT2D eigenvalue weighted by Gasteiger charge is -2.21. The second-order valence-electron chi connectivity index (χ2n) is 6.65. The summed E-state index contributed by atoms with van der Waals surface area (Å²) in [6, 6.07) is 31.2. The molecular formula is C25H27NO. The highest BCUT2D eigenvalue weighted by molar-refractivity contribution is 5.48. The largest absolute Gasteiger partial charge is 0.367 e. The van der Waals surface area contributed by atoms with E-state index >= 15 is 0 Å². The van der Waals surface area contributed by atoms with Crippen molar-refractivity contribution in [3.05, 3.63) is 114 Å². The Morgan fingerprint density at radius 3 is 1.85 bits per heavy atom. The van der Waals surface area contributed by atoms with Crippen LogP contribution < -0.4 is 0 Å². The van der Waals surface area contributed by atoms with Gasteiger partial charge in [0.25, 0.3) is 0 Å². The molecule has 0 atom stereocenters. The minimum atomic E-state index is -0.0272. The molecule has 3 rings (SSSR count). The van der Waals surface area contributed by atoms with Crippen molar-refractivity contribution in [1.82, 2.24) is 4.90 Å². The summed E-state index contributed by atoms with van der Waals surface area (Å²) in [7, 11) is 2.12. The summed E-state index contributed by atoms with van der Waals surface area (Å²) < 4.78 is 6.28. The molecule has 0 spiro atoms. The van der Waals surface area contributed by atoms with Gasteiger partial charge in [-0.2, -0.15) is 0 Å². The molecule has 0 bridgehead atoms. The Hall–Kier alpha value is -2.68. The Morgan fingerprint density at radius 1 is 0.778 bits per heavy atom. The molecule has 0 aliphatic heterocycles. The third kappa shape index (κ3) is 6.21. The summed E-state index contributed by atoms with van der Waals surface area (Å²) in [6.07, 6.45) is 4.33. The first kappa shape index (κ1) is 19.1. The van der Waals surface area contributed by atoms with E-state index in [-0.39, 0.29) is 6.10 Å². The van der Waals surface area contributed by atoms with Crippen LogP contribution in [0.25, 0.3) is 6.08 Å². The predicted octanol–water partition coefficient (Wildman–Crippen LogP) is 5.44. The maximum atomic E-state index is 6.28. The first-order valence-electron chi connectivity index (χ1n) is 9.44. The predicted molar refractivity (Wildman–Crippen MR) is 114 cm³/mol. The van der Waals surface area contributed by atoms with Crippen molar-refractivity contribution in [2.75, 3.05) is 26.7 Å². The van der Waals surface area contributed by atoms with Gasteiger partial charge in [0.05, 0.1) is 6.61 Å². The first-order chi connectivity index (χ1) is 13.3. The fourth-order valence-corrected chi connectivity index (χ4v) is 2.99. The summed E-state index contributed by atoms with van der Waals surface area (Å²) in [5.41, 5.74) is 3.61. The van der Waals surface area contributed by atoms with Gasteiger partial charge in [0.15, 0.2) is 0 Å². The normalized spacial score (nSPS) is 11.5. The molecular weight excluding hydrogens is 330 g/mol. The van der Waals surface area contributed by atoms with Crippen LogP contribution in [-0.2, 0) is 4.74 Å². The second-order valence-corrected chi connectivity index (χ2v) is 6.65. The molecule has 0 saturated heterocycles. The van der Waals surface area contributed by atoms with Crippen molar-refractivity contribution in [2.24, 2.45) is 0 Å². The minimum absolute atomic E-state index is 0.0272. The maximum Gasteiger partial charge on any atom is 0.108 e. The van der Waals surface area contributed by atoms with E-state index in [9.17, 15) is 0 Å². The van der Waals surface area contributed by atoms with Gasteiger partial charge < -0.3 is 9.64 Å². The SMILES string of the molecule is CN(C/C=C\c1ccccc1)CCOC(c1ccccc1)c1ccccc1. The molecule has 0 aliphatic rings. The third-order valence-corrected chi connectivity index (χ3v) is 4.49. The van der Waals surface area contributed by atoms with E-state index in [0.717, 1.165) is 13.1 Å². The highest BCUT2D eigenvalue weighted by atomic mass is 16.5. The van der Waals surface area contributed by atoms with Crippen LogP contribution >= 0.6 is 0 Å². The molecule has 0 amide bonds. The average Bonchev–Trinajstić information content (AvgIpc) is 2.73. The number of nitrogens with zero attached hydrogens (tertiary/aromatic N) is 1. The molecule has 0 unspecified atom stereocenters. The standard InChI is InChI=1S/C25H27NO/c1-26(19-11-14-22-12-5-2-6-13-22)20-21-27-25(23-15-7-3-8-16-23)24-17-9-4-10-18-24/h2-18,25H,19-21H2,1H3/b14-11-. The number of rotatable bonds is 9. The van der Waals surface area contributed by atoms with Crippen LogP contribution in [0.4, 0.5) is 0 Å². The molecule has 0 heterocycles. The van der Waals surface area contributed by atoms with Crippen molar-refractivity contribution < 1.29 is 4.74 Å². The molecule has 0 fully saturated rings. The van der Waals surface area contributed by atoms with E-state index in [2.05, 4.69) is 96.9 Å². The Labute approximate surface area is 162 Å². The molecule has 0 radical (unpaired) electrons. The van der Waals surface area contributed by atoms with Crippen molar-refractivity contribution in [3.8, 4) is 0 Å². The molecule has 3 aromatic rings. The van der Waals surface area contributed by atoms with Gasteiger partial charge in [0.2, 0.25) is 0 Å². The number of likely N-dealkylation sites (N-methyl/N-ethyl adjacent to an activating group) is 1. The Balaban J connectivity index is 1.52. The number of benzene rings is 3. The van der Waals surface area contributed by atoms with Crippen LogP contribution in [0.5, 0.6) is 0 Å². The molecule has 2 heteroatoms. The smallest absolute Gasteiger partial charge is 0.108 e. The van der Waals surface area contributed by atoms with E-state index < -0.39 is 0 Å². The molecule has 0 aliphatic carbocycles. The zero-order valence-electron chi connectivity index (χ0n) is 15.9. The number of hydrogen-bond donors (Lipinski definition) is 0. The van der Waals surface area contributed by atoms with Crippen LogP contribution in [-0.4, -0.2) is 31.6 Å². The van der Waals surface area contributed by atoms with Crippen molar-refractivity contribution in [1.29, 1.82) is 0 Å². The van der Waals surface area contributed by atoms with E-state index in [1.165, 1.54) is 16.7 Å². The van der Waals surface area contributed by atoms with Crippen molar-refractivity contribution in [3.63, 3.8) is 0 Å². The Kier molecular flexibility index (Phi) is 7.40. The lowest BCUT2D eigenvalue weighted by molar-refractivity contribution is 0.0666. The van der Waals surface area contributed by atoms with Crippen LogP contribution in [0.3, 0.4) is 0 Å². The topological polar surface area (TPSA) is 12.5 Å². The Morgan fingerprint density at radius 2 is 1.30 bits per heavy atom. The van der Waals surface area contributed by atoms with Crippen LogP contribution in [0, 0.1) is 0 Å². The molecule has 27 heavy (non-hydrogen) atoms. The number of ether oxygens (including phenoxy) is 1. The van der Waals surface area contributed by atoms with E-state index in [1.807, 2.05) is 18.2 Å². The minimum Gasteiger partial charge on any atom is -0.367 e. The molecule has 138 valence electrons. The fourth-order valence-electron chi connectivity index (χ4n) is 2.99. The maximum absolute atomic E-state index is 6.28.